The molecule has 0 saturated carbocycles. The number of ether oxygens (including phenoxy) is 1. The quantitative estimate of drug-likeness (QED) is 0.567. The second-order valence-corrected chi connectivity index (χ2v) is 3.39. The minimum absolute atomic E-state index is 0.140. The fraction of sp³-hybridized carbons (Fsp3) is 0.364. The third-order valence-electron chi connectivity index (χ3n) is 2.19. The van der Waals surface area contributed by atoms with E-state index in [1.165, 1.54) is 0 Å². The molecule has 2 nitrogen and oxygen atoms in total. The molecule has 0 aliphatic rings. The SMILES string of the molecule is COc1ccc(CCl)c(C(C)C=O)c1. The lowest BCUT2D eigenvalue weighted by Crippen LogP contribution is -2.00. The minimum atomic E-state index is -0.140. The van der Waals surface area contributed by atoms with Gasteiger partial charge in [-0.05, 0) is 23.3 Å². The first-order valence-corrected chi connectivity index (χ1v) is 4.94. The Bertz CT molecular complexity index is 323. The normalized spacial score (nSPS) is 12.2. The molecule has 0 fully saturated rings. The number of halogens is 1. The molecule has 1 rings (SSSR count). The zero-order valence-corrected chi connectivity index (χ0v) is 9.04. The summed E-state index contributed by atoms with van der Waals surface area (Å²) in [7, 11) is 1.60. The van der Waals surface area contributed by atoms with Crippen LogP contribution in [0.25, 0.3) is 0 Å². The molecule has 0 N–H and O–H groups in total. The van der Waals surface area contributed by atoms with E-state index in [4.69, 9.17) is 16.3 Å². The smallest absolute Gasteiger partial charge is 0.127 e. The number of alkyl halides is 1. The molecule has 0 aromatic heterocycles. The Morgan fingerprint density at radius 2 is 2.29 bits per heavy atom. The highest BCUT2D eigenvalue weighted by Gasteiger charge is 2.10. The predicted molar refractivity (Wildman–Crippen MR) is 57.0 cm³/mol. The van der Waals surface area contributed by atoms with Crippen LogP contribution in [0.4, 0.5) is 0 Å². The van der Waals surface area contributed by atoms with Gasteiger partial charge in [0.1, 0.15) is 12.0 Å². The van der Waals surface area contributed by atoms with Crippen molar-refractivity contribution in [2.45, 2.75) is 18.7 Å². The summed E-state index contributed by atoms with van der Waals surface area (Å²) in [6.07, 6.45) is 0.908. The lowest BCUT2D eigenvalue weighted by Gasteiger charge is -2.11. The standard InChI is InChI=1S/C11H13ClO2/c1-8(7-13)11-5-10(14-2)4-3-9(11)6-12/h3-5,7-8H,6H2,1-2H3. The molecular formula is C11H13ClO2. The van der Waals surface area contributed by atoms with Gasteiger partial charge in [0, 0.05) is 11.8 Å². The number of carbonyl (C=O) groups is 1. The summed E-state index contributed by atoms with van der Waals surface area (Å²) >= 11 is 5.77. The van der Waals surface area contributed by atoms with E-state index >= 15 is 0 Å². The van der Waals surface area contributed by atoms with Crippen molar-refractivity contribution in [2.75, 3.05) is 7.11 Å². The van der Waals surface area contributed by atoms with Crippen LogP contribution in [0.15, 0.2) is 18.2 Å². The highest BCUT2D eigenvalue weighted by Crippen LogP contribution is 2.24. The fourth-order valence-electron chi connectivity index (χ4n) is 1.32. The first kappa shape index (κ1) is 11.1. The predicted octanol–water partition coefficient (Wildman–Crippen LogP) is 2.74. The van der Waals surface area contributed by atoms with Crippen LogP contribution in [0.5, 0.6) is 5.75 Å². The molecule has 0 radical (unpaired) electrons. The van der Waals surface area contributed by atoms with Crippen molar-refractivity contribution in [2.24, 2.45) is 0 Å². The summed E-state index contributed by atoms with van der Waals surface area (Å²) in [5.41, 5.74) is 1.92. The molecule has 1 atom stereocenters. The maximum atomic E-state index is 10.7. The maximum absolute atomic E-state index is 10.7. The number of methoxy groups -OCH3 is 1. The first-order valence-electron chi connectivity index (χ1n) is 4.41. The van der Waals surface area contributed by atoms with Crippen molar-refractivity contribution >= 4 is 17.9 Å². The van der Waals surface area contributed by atoms with Crippen LogP contribution in [-0.2, 0) is 10.7 Å². The summed E-state index contributed by atoms with van der Waals surface area (Å²) < 4.78 is 5.09. The Hall–Kier alpha value is -1.02. The molecule has 0 bridgehead atoms. The number of aldehydes is 1. The van der Waals surface area contributed by atoms with E-state index in [1.807, 2.05) is 25.1 Å². The highest BCUT2D eigenvalue weighted by molar-refractivity contribution is 6.17. The zero-order valence-electron chi connectivity index (χ0n) is 8.29. The topological polar surface area (TPSA) is 26.3 Å². The first-order chi connectivity index (χ1) is 6.72. The van der Waals surface area contributed by atoms with Gasteiger partial charge < -0.3 is 9.53 Å². The zero-order chi connectivity index (χ0) is 10.6. The van der Waals surface area contributed by atoms with Gasteiger partial charge >= 0.3 is 0 Å². The average Bonchev–Trinajstić information content (AvgIpc) is 2.27. The largest absolute Gasteiger partial charge is 0.497 e. The maximum Gasteiger partial charge on any atom is 0.127 e. The Labute approximate surface area is 88.8 Å². The van der Waals surface area contributed by atoms with Crippen LogP contribution in [0.2, 0.25) is 0 Å². The number of hydrogen-bond donors (Lipinski definition) is 0. The van der Waals surface area contributed by atoms with Gasteiger partial charge in [0.15, 0.2) is 0 Å². The van der Waals surface area contributed by atoms with Crippen molar-refractivity contribution in [3.05, 3.63) is 29.3 Å². The Morgan fingerprint density at radius 1 is 1.57 bits per heavy atom. The van der Waals surface area contributed by atoms with Gasteiger partial charge in [0.2, 0.25) is 0 Å². The van der Waals surface area contributed by atoms with Crippen LogP contribution in [0.3, 0.4) is 0 Å². The summed E-state index contributed by atoms with van der Waals surface area (Å²) in [5, 5.41) is 0. The summed E-state index contributed by atoms with van der Waals surface area (Å²) in [5.74, 6) is 1.03. The van der Waals surface area contributed by atoms with Crippen molar-refractivity contribution in [3.63, 3.8) is 0 Å². The highest BCUT2D eigenvalue weighted by atomic mass is 35.5. The number of hydrogen-bond acceptors (Lipinski definition) is 2. The lowest BCUT2D eigenvalue weighted by atomic mass is 9.97. The van der Waals surface area contributed by atoms with Crippen molar-refractivity contribution in [1.29, 1.82) is 0 Å². The van der Waals surface area contributed by atoms with E-state index in [9.17, 15) is 4.79 Å². The van der Waals surface area contributed by atoms with Gasteiger partial charge in [0.05, 0.1) is 7.11 Å². The van der Waals surface area contributed by atoms with Gasteiger partial charge in [-0.1, -0.05) is 13.0 Å². The van der Waals surface area contributed by atoms with E-state index in [-0.39, 0.29) is 5.92 Å². The Kier molecular flexibility index (Phi) is 3.96. The minimum Gasteiger partial charge on any atom is -0.497 e. The molecule has 0 spiro atoms. The average molecular weight is 213 g/mol. The van der Waals surface area contributed by atoms with Crippen LogP contribution in [0, 0.1) is 0 Å². The van der Waals surface area contributed by atoms with Crippen LogP contribution in [0.1, 0.15) is 24.0 Å². The molecule has 0 amide bonds. The second-order valence-electron chi connectivity index (χ2n) is 3.12. The molecule has 1 unspecified atom stereocenters. The molecule has 3 heteroatoms. The molecule has 0 aliphatic heterocycles. The number of rotatable bonds is 4. The van der Waals surface area contributed by atoms with Crippen molar-refractivity contribution in [3.8, 4) is 5.75 Å². The van der Waals surface area contributed by atoms with E-state index in [0.29, 0.717) is 5.88 Å². The van der Waals surface area contributed by atoms with Crippen molar-refractivity contribution in [1.82, 2.24) is 0 Å². The van der Waals surface area contributed by atoms with E-state index < -0.39 is 0 Å². The van der Waals surface area contributed by atoms with Gasteiger partial charge in [-0.3, -0.25) is 0 Å². The number of carbonyl (C=O) groups excluding carboxylic acids is 1. The molecule has 1 aromatic rings. The molecule has 0 saturated heterocycles. The molecule has 0 heterocycles. The van der Waals surface area contributed by atoms with E-state index in [0.717, 1.165) is 23.2 Å². The second kappa shape index (κ2) is 5.01. The molecule has 1 aromatic carbocycles. The third kappa shape index (κ3) is 2.26. The fourth-order valence-corrected chi connectivity index (χ4v) is 1.56. The van der Waals surface area contributed by atoms with E-state index in [1.54, 1.807) is 7.11 Å². The number of benzene rings is 1. The Morgan fingerprint density at radius 3 is 2.79 bits per heavy atom. The summed E-state index contributed by atoms with van der Waals surface area (Å²) in [6, 6.07) is 5.59. The van der Waals surface area contributed by atoms with Crippen LogP contribution >= 0.6 is 11.6 Å². The third-order valence-corrected chi connectivity index (χ3v) is 2.48. The van der Waals surface area contributed by atoms with Gasteiger partial charge in [-0.2, -0.15) is 0 Å². The van der Waals surface area contributed by atoms with Gasteiger partial charge in [-0.25, -0.2) is 0 Å². The molecule has 14 heavy (non-hydrogen) atoms. The Balaban J connectivity index is 3.14. The van der Waals surface area contributed by atoms with Crippen LogP contribution < -0.4 is 4.74 Å². The summed E-state index contributed by atoms with van der Waals surface area (Å²) in [6.45, 7) is 1.85. The van der Waals surface area contributed by atoms with Crippen LogP contribution in [-0.4, -0.2) is 13.4 Å². The lowest BCUT2D eigenvalue weighted by molar-refractivity contribution is -0.108. The molecule has 0 aliphatic carbocycles. The van der Waals surface area contributed by atoms with Gasteiger partial charge in [-0.15, -0.1) is 11.6 Å². The monoisotopic (exact) mass is 212 g/mol. The molecule has 76 valence electrons. The molecular weight excluding hydrogens is 200 g/mol. The summed E-state index contributed by atoms with van der Waals surface area (Å²) in [4.78, 5) is 10.7. The van der Waals surface area contributed by atoms with Crippen molar-refractivity contribution < 1.29 is 9.53 Å². The van der Waals surface area contributed by atoms with Gasteiger partial charge in [0.25, 0.3) is 0 Å². The van der Waals surface area contributed by atoms with E-state index in [2.05, 4.69) is 0 Å².